The number of unbranched alkanes of at least 4 members (excludes halogenated alkanes) is 2. The lowest BCUT2D eigenvalue weighted by atomic mass is 10.1. The summed E-state index contributed by atoms with van der Waals surface area (Å²) < 4.78 is 2.00. The molecule has 0 aliphatic rings. The van der Waals surface area contributed by atoms with E-state index in [0.717, 1.165) is 5.69 Å². The summed E-state index contributed by atoms with van der Waals surface area (Å²) >= 11 is 0. The van der Waals surface area contributed by atoms with Crippen LogP contribution in [0.4, 0.5) is 0 Å². The Morgan fingerprint density at radius 2 is 2.29 bits per heavy atom. The van der Waals surface area contributed by atoms with E-state index in [1.807, 2.05) is 25.0 Å². The number of hydrogen-bond donors (Lipinski definition) is 1. The average Bonchev–Trinajstić information content (AvgIpc) is 2.60. The summed E-state index contributed by atoms with van der Waals surface area (Å²) in [4.78, 5) is 4.37. The molecule has 0 spiro atoms. The number of hydrogen-bond acceptors (Lipinski definition) is 2. The second-order valence-corrected chi connectivity index (χ2v) is 3.80. The minimum atomic E-state index is 0.419. The summed E-state index contributed by atoms with van der Waals surface area (Å²) in [6.45, 7) is 2.23. The number of rotatable bonds is 6. The Balaban J connectivity index is 2.45. The van der Waals surface area contributed by atoms with E-state index < -0.39 is 0 Å². The molecule has 14 heavy (non-hydrogen) atoms. The zero-order valence-electron chi connectivity index (χ0n) is 9.45. The Bertz CT molecular complexity index is 255. The summed E-state index contributed by atoms with van der Waals surface area (Å²) in [6.07, 6.45) is 9.00. The Hall–Kier alpha value is -0.830. The molecule has 0 aromatic carbocycles. The van der Waals surface area contributed by atoms with Gasteiger partial charge in [-0.2, -0.15) is 0 Å². The highest BCUT2D eigenvalue weighted by molar-refractivity contribution is 5.02. The van der Waals surface area contributed by atoms with E-state index in [1.54, 1.807) is 0 Å². The third-order valence-corrected chi connectivity index (χ3v) is 2.53. The Labute approximate surface area is 86.5 Å². The molecule has 3 nitrogen and oxygen atoms in total. The van der Waals surface area contributed by atoms with Gasteiger partial charge in [0, 0.05) is 13.2 Å². The van der Waals surface area contributed by atoms with Gasteiger partial charge in [0.2, 0.25) is 0 Å². The highest BCUT2D eigenvalue weighted by Gasteiger charge is 2.10. The van der Waals surface area contributed by atoms with Gasteiger partial charge >= 0.3 is 0 Å². The summed E-state index contributed by atoms with van der Waals surface area (Å²) in [6, 6.07) is 0.419. The van der Waals surface area contributed by atoms with Crippen molar-refractivity contribution in [3.8, 4) is 0 Å². The molecule has 1 unspecified atom stereocenters. The molecule has 1 N–H and O–H groups in total. The fourth-order valence-electron chi connectivity index (χ4n) is 1.65. The van der Waals surface area contributed by atoms with Gasteiger partial charge in [0.1, 0.15) is 0 Å². The van der Waals surface area contributed by atoms with Gasteiger partial charge in [-0.3, -0.25) is 0 Å². The van der Waals surface area contributed by atoms with Crippen LogP contribution in [0.3, 0.4) is 0 Å². The molecule has 0 radical (unpaired) electrons. The number of nitrogens with zero attached hydrogens (tertiary/aromatic N) is 2. The first kappa shape index (κ1) is 11.2. The largest absolute Gasteiger partial charge is 0.340 e. The Kier molecular flexibility index (Phi) is 4.66. The van der Waals surface area contributed by atoms with E-state index in [-0.39, 0.29) is 0 Å². The fourth-order valence-corrected chi connectivity index (χ4v) is 1.65. The van der Waals surface area contributed by atoms with E-state index in [4.69, 9.17) is 0 Å². The maximum absolute atomic E-state index is 4.37. The lowest BCUT2D eigenvalue weighted by Crippen LogP contribution is -2.16. The SMILES string of the molecule is CCCCCC(NC)c1cn(C)cn1. The number of nitrogens with one attached hydrogen (secondary N) is 1. The van der Waals surface area contributed by atoms with E-state index >= 15 is 0 Å². The Morgan fingerprint density at radius 1 is 1.50 bits per heavy atom. The summed E-state index contributed by atoms with van der Waals surface area (Å²) in [5, 5.41) is 3.31. The van der Waals surface area contributed by atoms with Gasteiger partial charge in [-0.1, -0.05) is 26.2 Å². The molecule has 80 valence electrons. The molecule has 0 bridgehead atoms. The molecule has 0 saturated carbocycles. The van der Waals surface area contributed by atoms with Gasteiger partial charge in [-0.15, -0.1) is 0 Å². The first-order chi connectivity index (χ1) is 6.77. The molecular weight excluding hydrogens is 174 g/mol. The van der Waals surface area contributed by atoms with E-state index in [1.165, 1.54) is 25.7 Å². The normalized spacial score (nSPS) is 13.1. The van der Waals surface area contributed by atoms with Crippen molar-refractivity contribution < 1.29 is 0 Å². The molecular formula is C11H21N3. The van der Waals surface area contributed by atoms with E-state index in [2.05, 4.69) is 23.4 Å². The van der Waals surface area contributed by atoms with Crippen LogP contribution in [-0.2, 0) is 7.05 Å². The highest BCUT2D eigenvalue weighted by Crippen LogP contribution is 2.17. The molecule has 0 saturated heterocycles. The molecule has 3 heteroatoms. The van der Waals surface area contributed by atoms with Crippen LogP contribution in [0, 0.1) is 0 Å². The highest BCUT2D eigenvalue weighted by atomic mass is 15.0. The smallest absolute Gasteiger partial charge is 0.0947 e. The van der Waals surface area contributed by atoms with Crippen LogP contribution in [0.1, 0.15) is 44.3 Å². The standard InChI is InChI=1S/C11H21N3/c1-4-5-6-7-10(12-2)11-8-14(3)9-13-11/h8-10,12H,4-7H2,1-3H3. The van der Waals surface area contributed by atoms with Gasteiger partial charge < -0.3 is 9.88 Å². The lowest BCUT2D eigenvalue weighted by molar-refractivity contribution is 0.503. The predicted octanol–water partition coefficient (Wildman–Crippen LogP) is 2.26. The minimum Gasteiger partial charge on any atom is -0.340 e. The summed E-state index contributed by atoms with van der Waals surface area (Å²) in [5.41, 5.74) is 1.16. The van der Waals surface area contributed by atoms with Crippen LogP contribution in [0.15, 0.2) is 12.5 Å². The first-order valence-corrected chi connectivity index (χ1v) is 5.43. The third-order valence-electron chi connectivity index (χ3n) is 2.53. The van der Waals surface area contributed by atoms with Crippen molar-refractivity contribution in [3.05, 3.63) is 18.2 Å². The van der Waals surface area contributed by atoms with E-state index in [9.17, 15) is 0 Å². The molecule has 0 fully saturated rings. The van der Waals surface area contributed by atoms with Crippen molar-refractivity contribution in [1.29, 1.82) is 0 Å². The Morgan fingerprint density at radius 3 is 2.79 bits per heavy atom. The molecule has 1 aromatic heterocycles. The molecule has 1 atom stereocenters. The van der Waals surface area contributed by atoms with E-state index in [0.29, 0.717) is 6.04 Å². The lowest BCUT2D eigenvalue weighted by Gasteiger charge is -2.12. The van der Waals surface area contributed by atoms with Crippen LogP contribution >= 0.6 is 0 Å². The minimum absolute atomic E-state index is 0.419. The monoisotopic (exact) mass is 195 g/mol. The second-order valence-electron chi connectivity index (χ2n) is 3.80. The van der Waals surface area contributed by atoms with Crippen LogP contribution in [0.2, 0.25) is 0 Å². The maximum Gasteiger partial charge on any atom is 0.0947 e. The van der Waals surface area contributed by atoms with Crippen molar-refractivity contribution in [3.63, 3.8) is 0 Å². The van der Waals surface area contributed by atoms with Crippen molar-refractivity contribution >= 4 is 0 Å². The average molecular weight is 195 g/mol. The predicted molar refractivity (Wildman–Crippen MR) is 59.2 cm³/mol. The van der Waals surface area contributed by atoms with Crippen molar-refractivity contribution in [2.24, 2.45) is 7.05 Å². The zero-order valence-corrected chi connectivity index (χ0v) is 9.45. The number of imidazole rings is 1. The third kappa shape index (κ3) is 3.14. The van der Waals surface area contributed by atoms with Crippen molar-refractivity contribution in [2.45, 2.75) is 38.6 Å². The second kappa shape index (κ2) is 5.81. The molecule has 0 aliphatic carbocycles. The first-order valence-electron chi connectivity index (χ1n) is 5.43. The summed E-state index contributed by atoms with van der Waals surface area (Å²) in [7, 11) is 4.01. The van der Waals surface area contributed by atoms with Gasteiger partial charge in [0.15, 0.2) is 0 Å². The van der Waals surface area contributed by atoms with Crippen LogP contribution in [0.25, 0.3) is 0 Å². The van der Waals surface area contributed by atoms with Gasteiger partial charge in [0.25, 0.3) is 0 Å². The fraction of sp³-hybridized carbons (Fsp3) is 0.727. The van der Waals surface area contributed by atoms with Gasteiger partial charge in [-0.25, -0.2) is 4.98 Å². The quantitative estimate of drug-likeness (QED) is 0.706. The van der Waals surface area contributed by atoms with Crippen LogP contribution in [0.5, 0.6) is 0 Å². The summed E-state index contributed by atoms with van der Waals surface area (Å²) in [5.74, 6) is 0. The van der Waals surface area contributed by atoms with Crippen LogP contribution in [-0.4, -0.2) is 16.6 Å². The van der Waals surface area contributed by atoms with Crippen molar-refractivity contribution in [2.75, 3.05) is 7.05 Å². The molecule has 0 aliphatic heterocycles. The van der Waals surface area contributed by atoms with Gasteiger partial charge in [-0.05, 0) is 13.5 Å². The number of aromatic nitrogens is 2. The number of aryl methyl sites for hydroxylation is 1. The topological polar surface area (TPSA) is 29.9 Å². The maximum atomic E-state index is 4.37. The molecule has 1 aromatic rings. The molecule has 1 heterocycles. The van der Waals surface area contributed by atoms with Crippen molar-refractivity contribution in [1.82, 2.24) is 14.9 Å². The molecule has 1 rings (SSSR count). The van der Waals surface area contributed by atoms with Gasteiger partial charge in [0.05, 0.1) is 18.1 Å². The zero-order chi connectivity index (χ0) is 10.4. The molecule has 0 amide bonds. The van der Waals surface area contributed by atoms with Crippen LogP contribution < -0.4 is 5.32 Å².